The van der Waals surface area contributed by atoms with E-state index in [2.05, 4.69) is 4.99 Å². The number of hydrogen-bond donors (Lipinski definition) is 1. The van der Waals surface area contributed by atoms with Crippen LogP contribution < -0.4 is 10.5 Å². The summed E-state index contributed by atoms with van der Waals surface area (Å²) >= 11 is 0. The maximum absolute atomic E-state index is 14.3. The number of aliphatic imine (C=N–C) groups is 1. The molecule has 0 amide bonds. The van der Waals surface area contributed by atoms with Crippen molar-refractivity contribution in [2.45, 2.75) is 13.0 Å². The number of para-hydroxylation sites is 1. The molecule has 0 saturated carbocycles. The lowest BCUT2D eigenvalue weighted by Gasteiger charge is -2.12. The molecule has 3 aromatic carbocycles. The minimum atomic E-state index is -0.494. The van der Waals surface area contributed by atoms with Gasteiger partial charge in [-0.25, -0.2) is 8.78 Å². The fourth-order valence-electron chi connectivity index (χ4n) is 2.67. The molecule has 0 heterocycles. The van der Waals surface area contributed by atoms with Gasteiger partial charge < -0.3 is 10.5 Å². The first kappa shape index (κ1) is 18.6. The molecule has 2 N–H and O–H groups in total. The van der Waals surface area contributed by atoms with Gasteiger partial charge in [0, 0.05) is 6.54 Å². The number of benzene rings is 3. The van der Waals surface area contributed by atoms with E-state index in [0.29, 0.717) is 18.5 Å². The Morgan fingerprint density at radius 2 is 1.63 bits per heavy atom. The predicted octanol–water partition coefficient (Wildman–Crippen LogP) is 4.49. The molecule has 0 unspecified atom stereocenters. The average molecular weight is 366 g/mol. The minimum absolute atomic E-state index is 0.0772. The van der Waals surface area contributed by atoms with Crippen LogP contribution in [0.2, 0.25) is 0 Å². The van der Waals surface area contributed by atoms with E-state index in [0.717, 1.165) is 11.1 Å². The Hall–Kier alpha value is -3.21. The second kappa shape index (κ2) is 8.94. The van der Waals surface area contributed by atoms with E-state index in [-0.39, 0.29) is 24.0 Å². The Labute approximate surface area is 157 Å². The summed E-state index contributed by atoms with van der Waals surface area (Å²) in [5.41, 5.74) is 8.21. The number of hydrogen-bond acceptors (Lipinski definition) is 2. The highest BCUT2D eigenvalue weighted by molar-refractivity contribution is 6.00. The molecule has 0 aliphatic carbocycles. The van der Waals surface area contributed by atoms with Gasteiger partial charge in [0.1, 0.15) is 18.3 Å². The first-order valence-electron chi connectivity index (χ1n) is 8.63. The third-order valence-electron chi connectivity index (χ3n) is 4.04. The molecule has 5 heteroatoms. The van der Waals surface area contributed by atoms with Gasteiger partial charge in [-0.05, 0) is 41.8 Å². The van der Waals surface area contributed by atoms with Gasteiger partial charge in [-0.15, -0.1) is 0 Å². The fourth-order valence-corrected chi connectivity index (χ4v) is 2.67. The van der Waals surface area contributed by atoms with Crippen molar-refractivity contribution < 1.29 is 13.5 Å². The van der Waals surface area contributed by atoms with Crippen LogP contribution in [0.3, 0.4) is 0 Å². The van der Waals surface area contributed by atoms with Crippen molar-refractivity contribution in [2.75, 3.05) is 6.54 Å². The Bertz CT molecular complexity index is 927. The quantitative estimate of drug-likeness (QED) is 0.495. The van der Waals surface area contributed by atoms with Crippen molar-refractivity contribution in [1.82, 2.24) is 0 Å². The van der Waals surface area contributed by atoms with Gasteiger partial charge in [0.15, 0.2) is 11.6 Å². The number of nitrogens with two attached hydrogens (primary N) is 1. The van der Waals surface area contributed by atoms with E-state index in [9.17, 15) is 8.78 Å². The van der Waals surface area contributed by atoms with Gasteiger partial charge in [0.25, 0.3) is 0 Å². The van der Waals surface area contributed by atoms with E-state index in [4.69, 9.17) is 10.5 Å². The molecule has 0 aliphatic heterocycles. The summed E-state index contributed by atoms with van der Waals surface area (Å²) in [4.78, 5) is 4.30. The number of amidine groups is 1. The molecular weight excluding hydrogens is 346 g/mol. The smallest absolute Gasteiger partial charge is 0.166 e. The Morgan fingerprint density at radius 1 is 0.889 bits per heavy atom. The lowest BCUT2D eigenvalue weighted by atomic mass is 10.1. The van der Waals surface area contributed by atoms with E-state index in [1.165, 1.54) is 18.2 Å². The summed E-state index contributed by atoms with van der Waals surface area (Å²) in [5.74, 6) is -0.514. The molecule has 0 spiro atoms. The Kier molecular flexibility index (Phi) is 6.15. The highest BCUT2D eigenvalue weighted by Gasteiger charge is 2.13. The molecule has 0 aliphatic rings. The summed E-state index contributed by atoms with van der Waals surface area (Å²) in [5, 5.41) is 0. The summed E-state index contributed by atoms with van der Waals surface area (Å²) in [6.07, 6.45) is 0.536. The molecule has 138 valence electrons. The maximum atomic E-state index is 14.3. The molecule has 0 bridgehead atoms. The first-order valence-corrected chi connectivity index (χ1v) is 8.63. The normalized spacial score (nSPS) is 11.4. The zero-order valence-corrected chi connectivity index (χ0v) is 14.7. The number of halogens is 2. The highest BCUT2D eigenvalue weighted by Crippen LogP contribution is 2.24. The summed E-state index contributed by atoms with van der Waals surface area (Å²) in [6.45, 7) is 0.593. The largest absolute Gasteiger partial charge is 0.485 e. The zero-order chi connectivity index (χ0) is 19.1. The van der Waals surface area contributed by atoms with Gasteiger partial charge in [-0.2, -0.15) is 0 Å². The van der Waals surface area contributed by atoms with Crippen LogP contribution in [0.4, 0.5) is 8.78 Å². The molecular formula is C22H20F2N2O. The van der Waals surface area contributed by atoms with Gasteiger partial charge in [-0.3, -0.25) is 4.99 Å². The van der Waals surface area contributed by atoms with E-state index < -0.39 is 5.82 Å². The molecule has 3 nitrogen and oxygen atoms in total. The van der Waals surface area contributed by atoms with Crippen LogP contribution in [-0.4, -0.2) is 12.4 Å². The van der Waals surface area contributed by atoms with Crippen LogP contribution in [-0.2, 0) is 13.0 Å². The van der Waals surface area contributed by atoms with Crippen LogP contribution in [0, 0.1) is 11.6 Å². The van der Waals surface area contributed by atoms with Crippen molar-refractivity contribution in [2.24, 2.45) is 10.7 Å². The maximum Gasteiger partial charge on any atom is 0.166 e. The van der Waals surface area contributed by atoms with Crippen molar-refractivity contribution in [3.05, 3.63) is 101 Å². The Morgan fingerprint density at radius 3 is 2.41 bits per heavy atom. The molecule has 0 fully saturated rings. The number of ether oxygens (including phenoxy) is 1. The average Bonchev–Trinajstić information content (AvgIpc) is 2.67. The van der Waals surface area contributed by atoms with Crippen LogP contribution in [0.15, 0.2) is 77.8 Å². The van der Waals surface area contributed by atoms with Gasteiger partial charge in [0.2, 0.25) is 0 Å². The van der Waals surface area contributed by atoms with Crippen molar-refractivity contribution in [1.29, 1.82) is 0 Å². The SMILES string of the molecule is NC(=NCCc1cccc(F)c1)c1cccc(F)c1OCc1ccccc1. The third kappa shape index (κ3) is 5.14. The first-order chi connectivity index (χ1) is 13.1. The second-order valence-electron chi connectivity index (χ2n) is 6.04. The second-order valence-corrected chi connectivity index (χ2v) is 6.04. The third-order valence-corrected chi connectivity index (χ3v) is 4.04. The lowest BCUT2D eigenvalue weighted by molar-refractivity contribution is 0.289. The van der Waals surface area contributed by atoms with Crippen molar-refractivity contribution in [3.8, 4) is 5.75 Å². The van der Waals surface area contributed by atoms with Crippen LogP contribution in [0.25, 0.3) is 0 Å². The van der Waals surface area contributed by atoms with Crippen molar-refractivity contribution in [3.63, 3.8) is 0 Å². The molecule has 0 saturated heterocycles. The standard InChI is InChI=1S/C22H20F2N2O/c23-18-9-4-8-16(14-18)12-13-26-22(25)19-10-5-11-20(24)21(19)27-15-17-6-2-1-3-7-17/h1-11,14H,12-13,15H2,(H2,25,26). The summed E-state index contributed by atoms with van der Waals surface area (Å²) in [7, 11) is 0. The molecule has 27 heavy (non-hydrogen) atoms. The van der Waals surface area contributed by atoms with Crippen LogP contribution in [0.1, 0.15) is 16.7 Å². The molecule has 0 aromatic heterocycles. The molecule has 0 atom stereocenters. The summed E-state index contributed by atoms with van der Waals surface area (Å²) < 4.78 is 33.2. The van der Waals surface area contributed by atoms with E-state index in [1.54, 1.807) is 18.2 Å². The zero-order valence-electron chi connectivity index (χ0n) is 14.7. The molecule has 3 rings (SSSR count). The summed E-state index contributed by atoms with van der Waals surface area (Å²) in [6, 6.07) is 20.4. The number of nitrogens with zero attached hydrogens (tertiary/aromatic N) is 1. The Balaban J connectivity index is 1.71. The van der Waals surface area contributed by atoms with Gasteiger partial charge in [0.05, 0.1) is 5.56 Å². The van der Waals surface area contributed by atoms with Gasteiger partial charge >= 0.3 is 0 Å². The number of rotatable bonds is 7. The molecule has 3 aromatic rings. The van der Waals surface area contributed by atoms with Gasteiger partial charge in [-0.1, -0.05) is 48.5 Å². The highest BCUT2D eigenvalue weighted by atomic mass is 19.1. The minimum Gasteiger partial charge on any atom is -0.485 e. The topological polar surface area (TPSA) is 47.6 Å². The monoisotopic (exact) mass is 366 g/mol. The van der Waals surface area contributed by atoms with E-state index in [1.807, 2.05) is 36.4 Å². The predicted molar refractivity (Wildman–Crippen MR) is 103 cm³/mol. The molecule has 0 radical (unpaired) electrons. The van der Waals surface area contributed by atoms with Crippen LogP contribution in [0.5, 0.6) is 5.75 Å². The van der Waals surface area contributed by atoms with Crippen LogP contribution >= 0.6 is 0 Å². The lowest BCUT2D eigenvalue weighted by Crippen LogP contribution is -2.17. The fraction of sp³-hybridized carbons (Fsp3) is 0.136. The van der Waals surface area contributed by atoms with Crippen molar-refractivity contribution >= 4 is 5.84 Å². The van der Waals surface area contributed by atoms with E-state index >= 15 is 0 Å².